The van der Waals surface area contributed by atoms with Gasteiger partial charge in [-0.15, -0.1) is 0 Å². The second-order valence-corrected chi connectivity index (χ2v) is 8.30. The van der Waals surface area contributed by atoms with E-state index in [0.29, 0.717) is 24.3 Å². The maximum Gasteiger partial charge on any atom is 0.255 e. The number of imide groups is 1. The standard InChI is InChI=1S/C25H27N3O5/c29-23-9-8-21(24(30)26-23)28-15-20-19(25(28)31)2-1-3-22(20)33-16-18-6-4-17(5-7-18)14-27-10-12-32-13-11-27/h1-7,21H,8-16H2,(H,26,29,30)/i10D2,13D. The predicted molar refractivity (Wildman–Crippen MR) is 119 cm³/mol. The van der Waals surface area contributed by atoms with Crippen molar-refractivity contribution in [1.29, 1.82) is 0 Å². The second-order valence-electron chi connectivity index (χ2n) is 8.30. The molecule has 3 amide bonds. The van der Waals surface area contributed by atoms with Crippen LogP contribution in [0.3, 0.4) is 0 Å². The zero-order valence-corrected chi connectivity index (χ0v) is 18.1. The summed E-state index contributed by atoms with van der Waals surface area (Å²) in [4.78, 5) is 39.9. The van der Waals surface area contributed by atoms with Crippen molar-refractivity contribution in [3.63, 3.8) is 0 Å². The van der Waals surface area contributed by atoms with Crippen molar-refractivity contribution in [3.05, 3.63) is 64.7 Å². The lowest BCUT2D eigenvalue weighted by Crippen LogP contribution is -2.52. The molecule has 3 aliphatic rings. The van der Waals surface area contributed by atoms with Crippen LogP contribution in [0.25, 0.3) is 0 Å². The molecule has 3 aliphatic heterocycles. The molecule has 0 bridgehead atoms. The number of amides is 3. The highest BCUT2D eigenvalue weighted by Gasteiger charge is 2.40. The Labute approximate surface area is 196 Å². The molecule has 2 fully saturated rings. The van der Waals surface area contributed by atoms with E-state index in [-0.39, 0.29) is 44.5 Å². The Morgan fingerprint density at radius 3 is 2.76 bits per heavy atom. The first kappa shape index (κ1) is 18.2. The number of nitrogens with zero attached hydrogens (tertiary/aromatic N) is 2. The van der Waals surface area contributed by atoms with Crippen LogP contribution in [0.1, 0.15) is 44.0 Å². The highest BCUT2D eigenvalue weighted by molar-refractivity contribution is 6.05. The summed E-state index contributed by atoms with van der Waals surface area (Å²) in [6.45, 7) is -1.41. The second kappa shape index (κ2) is 9.33. The minimum Gasteiger partial charge on any atom is -0.489 e. The number of hydrogen-bond acceptors (Lipinski definition) is 6. The summed E-state index contributed by atoms with van der Waals surface area (Å²) < 4.78 is 35.1. The summed E-state index contributed by atoms with van der Waals surface area (Å²) in [7, 11) is 0. The predicted octanol–water partition coefficient (Wildman–Crippen LogP) is 1.86. The van der Waals surface area contributed by atoms with E-state index in [0.717, 1.165) is 16.7 Å². The molecule has 172 valence electrons. The number of nitrogens with one attached hydrogen (secondary N) is 1. The van der Waals surface area contributed by atoms with Crippen LogP contribution < -0.4 is 10.1 Å². The lowest BCUT2D eigenvalue weighted by molar-refractivity contribution is -0.136. The van der Waals surface area contributed by atoms with Gasteiger partial charge in [0.15, 0.2) is 0 Å². The maximum atomic E-state index is 13.0. The van der Waals surface area contributed by atoms with Gasteiger partial charge in [-0.1, -0.05) is 30.3 Å². The number of carbonyl (C=O) groups excluding carboxylic acids is 3. The number of ether oxygens (including phenoxy) is 2. The van der Waals surface area contributed by atoms with Crippen molar-refractivity contribution in [2.75, 3.05) is 26.2 Å². The average molecular weight is 453 g/mol. The van der Waals surface area contributed by atoms with E-state index in [4.69, 9.17) is 13.6 Å². The quantitative estimate of drug-likeness (QED) is 0.674. The average Bonchev–Trinajstić information content (AvgIpc) is 3.18. The van der Waals surface area contributed by atoms with Crippen molar-refractivity contribution < 1.29 is 28.0 Å². The van der Waals surface area contributed by atoms with Gasteiger partial charge in [0.05, 0.1) is 21.1 Å². The van der Waals surface area contributed by atoms with Gasteiger partial charge >= 0.3 is 0 Å². The number of morpholine rings is 1. The van der Waals surface area contributed by atoms with Gasteiger partial charge in [-0.2, -0.15) is 0 Å². The molecule has 0 saturated carbocycles. The van der Waals surface area contributed by atoms with Gasteiger partial charge in [0.1, 0.15) is 18.4 Å². The molecule has 2 saturated heterocycles. The third-order valence-corrected chi connectivity index (χ3v) is 6.11. The van der Waals surface area contributed by atoms with E-state index in [9.17, 15) is 14.4 Å². The summed E-state index contributed by atoms with van der Waals surface area (Å²) in [5, 5.41) is 2.31. The zero-order chi connectivity index (χ0) is 25.4. The Kier molecular flexibility index (Phi) is 5.15. The third kappa shape index (κ3) is 4.62. The number of benzene rings is 2. The highest BCUT2D eigenvalue weighted by atomic mass is 16.5. The van der Waals surface area contributed by atoms with E-state index in [1.165, 1.54) is 4.90 Å². The lowest BCUT2D eigenvalue weighted by Gasteiger charge is -2.29. The smallest absolute Gasteiger partial charge is 0.255 e. The third-order valence-electron chi connectivity index (χ3n) is 6.11. The summed E-state index contributed by atoms with van der Waals surface area (Å²) in [5.41, 5.74) is 3.05. The highest BCUT2D eigenvalue weighted by Crippen LogP contribution is 2.34. The van der Waals surface area contributed by atoms with Crippen molar-refractivity contribution in [2.24, 2.45) is 0 Å². The SMILES string of the molecule is [2H]C1CN(Cc2ccc(COc3cccc4c3CN(C3CCC(=O)NC3=O)C4=O)cc2)C([2H])([2H])CO1. The lowest BCUT2D eigenvalue weighted by atomic mass is 10.0. The minimum atomic E-state index is -1.62. The number of fused-ring (bicyclic) bond motifs is 1. The van der Waals surface area contributed by atoms with Gasteiger partial charge in [0, 0.05) is 39.9 Å². The molecule has 2 atom stereocenters. The number of hydrogen-bond donors (Lipinski definition) is 1. The Morgan fingerprint density at radius 1 is 1.12 bits per heavy atom. The van der Waals surface area contributed by atoms with Crippen LogP contribution in [0, 0.1) is 0 Å². The first-order valence-electron chi connectivity index (χ1n) is 12.5. The zero-order valence-electron chi connectivity index (χ0n) is 21.1. The molecular weight excluding hydrogens is 422 g/mol. The van der Waals surface area contributed by atoms with E-state index >= 15 is 0 Å². The Hall–Kier alpha value is -3.23. The summed E-state index contributed by atoms with van der Waals surface area (Å²) in [6, 6.07) is 12.2. The van der Waals surface area contributed by atoms with Gasteiger partial charge in [-0.3, -0.25) is 24.6 Å². The summed E-state index contributed by atoms with van der Waals surface area (Å²) in [5.74, 6) is -0.437. The Balaban J connectivity index is 1.23. The van der Waals surface area contributed by atoms with Crippen molar-refractivity contribution in [3.8, 4) is 5.75 Å². The molecule has 0 radical (unpaired) electrons. The normalized spacial score (nSPS) is 26.2. The molecule has 2 unspecified atom stereocenters. The molecule has 1 N–H and O–H groups in total. The van der Waals surface area contributed by atoms with Gasteiger partial charge in [-0.25, -0.2) is 0 Å². The van der Waals surface area contributed by atoms with Crippen LogP contribution in [0.5, 0.6) is 5.75 Å². The van der Waals surface area contributed by atoms with Crippen molar-refractivity contribution >= 4 is 17.7 Å². The van der Waals surface area contributed by atoms with Crippen LogP contribution in [0.2, 0.25) is 0 Å². The van der Waals surface area contributed by atoms with Gasteiger partial charge in [-0.05, 0) is 29.7 Å². The molecular formula is C25H27N3O5. The van der Waals surface area contributed by atoms with Gasteiger partial charge < -0.3 is 14.4 Å². The molecule has 5 rings (SSSR count). The molecule has 2 aromatic carbocycles. The summed E-state index contributed by atoms with van der Waals surface area (Å²) in [6.07, 6.45) is 0.511. The molecule has 0 aromatic heterocycles. The maximum absolute atomic E-state index is 13.0. The van der Waals surface area contributed by atoms with Gasteiger partial charge in [0.2, 0.25) is 11.8 Å². The van der Waals surface area contributed by atoms with Crippen molar-refractivity contribution in [1.82, 2.24) is 15.1 Å². The van der Waals surface area contributed by atoms with E-state index in [2.05, 4.69) is 5.32 Å². The fraction of sp³-hybridized carbons (Fsp3) is 0.400. The summed E-state index contributed by atoms with van der Waals surface area (Å²) >= 11 is 0. The largest absolute Gasteiger partial charge is 0.489 e. The molecule has 8 nitrogen and oxygen atoms in total. The Morgan fingerprint density at radius 2 is 1.94 bits per heavy atom. The number of rotatable bonds is 6. The minimum absolute atomic E-state index is 0.127. The van der Waals surface area contributed by atoms with Crippen LogP contribution >= 0.6 is 0 Å². The van der Waals surface area contributed by atoms with Gasteiger partial charge in [0.25, 0.3) is 5.91 Å². The van der Waals surface area contributed by atoms with E-state index < -0.39 is 25.0 Å². The number of carbonyl (C=O) groups is 3. The number of piperidine rings is 1. The molecule has 8 heteroatoms. The first-order chi connectivity index (χ1) is 17.2. The van der Waals surface area contributed by atoms with E-state index in [1.54, 1.807) is 23.1 Å². The van der Waals surface area contributed by atoms with Crippen LogP contribution in [0.15, 0.2) is 42.5 Å². The topological polar surface area (TPSA) is 88.2 Å². The Bertz CT molecular complexity index is 1190. The van der Waals surface area contributed by atoms with Crippen molar-refractivity contribution in [2.45, 2.75) is 38.6 Å². The van der Waals surface area contributed by atoms with Crippen LogP contribution in [-0.4, -0.2) is 59.8 Å². The van der Waals surface area contributed by atoms with Crippen LogP contribution in [-0.2, 0) is 34.0 Å². The molecule has 0 aliphatic carbocycles. The monoisotopic (exact) mass is 452 g/mol. The fourth-order valence-electron chi connectivity index (χ4n) is 4.33. The molecule has 2 aromatic rings. The first-order valence-corrected chi connectivity index (χ1v) is 11.0. The molecule has 33 heavy (non-hydrogen) atoms. The molecule has 3 heterocycles. The van der Waals surface area contributed by atoms with E-state index in [1.807, 2.05) is 24.3 Å². The fourth-order valence-corrected chi connectivity index (χ4v) is 4.33. The molecule has 0 spiro atoms. The van der Waals surface area contributed by atoms with Crippen LogP contribution in [0.4, 0.5) is 0 Å².